The van der Waals surface area contributed by atoms with Crippen LogP contribution in [-0.4, -0.2) is 45.2 Å². The molecule has 18 heavy (non-hydrogen) atoms. The van der Waals surface area contributed by atoms with E-state index < -0.39 is 0 Å². The van der Waals surface area contributed by atoms with E-state index in [2.05, 4.69) is 0 Å². The van der Waals surface area contributed by atoms with Gasteiger partial charge in [0.2, 0.25) is 0 Å². The van der Waals surface area contributed by atoms with Gasteiger partial charge in [0, 0.05) is 33.0 Å². The van der Waals surface area contributed by atoms with Crippen LogP contribution in [0.1, 0.15) is 16.8 Å². The van der Waals surface area contributed by atoms with Gasteiger partial charge < -0.3 is 20.1 Å². The highest BCUT2D eigenvalue weighted by Gasteiger charge is 2.16. The van der Waals surface area contributed by atoms with Crippen LogP contribution < -0.4 is 10.5 Å². The third-order valence-corrected chi connectivity index (χ3v) is 2.64. The van der Waals surface area contributed by atoms with Gasteiger partial charge >= 0.3 is 0 Å². The number of amides is 1. The lowest BCUT2D eigenvalue weighted by Gasteiger charge is -2.18. The maximum atomic E-state index is 12.2. The standard InChI is InChI=1S/C13H20N2O3/c1-15(7-4-8-17-2)13(16)11-9-10(14)5-6-12(11)18-3/h5-6,9H,4,7-8,14H2,1-3H3. The van der Waals surface area contributed by atoms with Gasteiger partial charge in [-0.2, -0.15) is 0 Å². The summed E-state index contributed by atoms with van der Waals surface area (Å²) < 4.78 is 10.1. The molecule has 0 radical (unpaired) electrons. The smallest absolute Gasteiger partial charge is 0.257 e. The number of nitrogens with two attached hydrogens (primary N) is 1. The van der Waals surface area contributed by atoms with E-state index in [1.54, 1.807) is 37.3 Å². The molecule has 1 aromatic rings. The Morgan fingerprint density at radius 3 is 2.72 bits per heavy atom. The Balaban J connectivity index is 2.79. The fourth-order valence-electron chi connectivity index (χ4n) is 1.65. The van der Waals surface area contributed by atoms with Crippen LogP contribution in [0.25, 0.3) is 0 Å². The van der Waals surface area contributed by atoms with Crippen molar-refractivity contribution in [2.75, 3.05) is 40.2 Å². The minimum Gasteiger partial charge on any atom is -0.496 e. The number of carbonyl (C=O) groups excluding carboxylic acids is 1. The molecule has 0 saturated carbocycles. The Morgan fingerprint density at radius 2 is 2.11 bits per heavy atom. The minimum atomic E-state index is -0.102. The molecule has 0 unspecified atom stereocenters. The maximum Gasteiger partial charge on any atom is 0.257 e. The van der Waals surface area contributed by atoms with Crippen molar-refractivity contribution in [3.8, 4) is 5.75 Å². The Hall–Kier alpha value is -1.75. The summed E-state index contributed by atoms with van der Waals surface area (Å²) in [5, 5.41) is 0. The van der Waals surface area contributed by atoms with Crippen molar-refractivity contribution in [3.05, 3.63) is 23.8 Å². The van der Waals surface area contributed by atoms with Crippen molar-refractivity contribution < 1.29 is 14.3 Å². The van der Waals surface area contributed by atoms with E-state index in [1.807, 2.05) is 0 Å². The maximum absolute atomic E-state index is 12.2. The van der Waals surface area contributed by atoms with Crippen molar-refractivity contribution in [1.29, 1.82) is 0 Å². The first-order valence-corrected chi connectivity index (χ1v) is 5.78. The zero-order chi connectivity index (χ0) is 13.5. The summed E-state index contributed by atoms with van der Waals surface area (Å²) in [6.07, 6.45) is 0.795. The first-order chi connectivity index (χ1) is 8.60. The third-order valence-electron chi connectivity index (χ3n) is 2.64. The molecule has 1 rings (SSSR count). The van der Waals surface area contributed by atoms with E-state index >= 15 is 0 Å². The van der Waals surface area contributed by atoms with Crippen LogP contribution in [0.4, 0.5) is 5.69 Å². The Labute approximate surface area is 107 Å². The van der Waals surface area contributed by atoms with Crippen molar-refractivity contribution in [2.24, 2.45) is 0 Å². The number of hydrogen-bond donors (Lipinski definition) is 1. The molecule has 1 aromatic carbocycles. The third kappa shape index (κ3) is 3.63. The second-order valence-corrected chi connectivity index (χ2v) is 4.03. The minimum absolute atomic E-state index is 0.102. The zero-order valence-corrected chi connectivity index (χ0v) is 11.1. The van der Waals surface area contributed by atoms with Crippen LogP contribution in [0.5, 0.6) is 5.75 Å². The monoisotopic (exact) mass is 252 g/mol. The number of ether oxygens (including phenoxy) is 2. The van der Waals surface area contributed by atoms with Crippen molar-refractivity contribution in [1.82, 2.24) is 4.90 Å². The van der Waals surface area contributed by atoms with Crippen LogP contribution in [0.15, 0.2) is 18.2 Å². The highest BCUT2D eigenvalue weighted by molar-refractivity contribution is 5.97. The average molecular weight is 252 g/mol. The van der Waals surface area contributed by atoms with Crippen molar-refractivity contribution >= 4 is 11.6 Å². The summed E-state index contributed by atoms with van der Waals surface area (Å²) in [6, 6.07) is 5.04. The SMILES string of the molecule is COCCCN(C)C(=O)c1cc(N)ccc1OC. The highest BCUT2D eigenvalue weighted by atomic mass is 16.5. The lowest BCUT2D eigenvalue weighted by Crippen LogP contribution is -2.28. The molecule has 2 N–H and O–H groups in total. The molecule has 1 amide bonds. The first-order valence-electron chi connectivity index (χ1n) is 5.78. The second kappa shape index (κ2) is 6.86. The van der Waals surface area contributed by atoms with Gasteiger partial charge in [-0.05, 0) is 24.6 Å². The van der Waals surface area contributed by atoms with Gasteiger partial charge in [0.1, 0.15) is 5.75 Å². The first kappa shape index (κ1) is 14.3. The number of carbonyl (C=O) groups is 1. The fraction of sp³-hybridized carbons (Fsp3) is 0.462. The quantitative estimate of drug-likeness (QED) is 0.613. The average Bonchev–Trinajstić information content (AvgIpc) is 2.38. The normalized spacial score (nSPS) is 10.2. The Kier molecular flexibility index (Phi) is 5.45. The molecule has 0 fully saturated rings. The van der Waals surface area contributed by atoms with E-state index in [-0.39, 0.29) is 5.91 Å². The number of methoxy groups -OCH3 is 2. The lowest BCUT2D eigenvalue weighted by atomic mass is 10.1. The predicted octanol–water partition coefficient (Wildman–Crippen LogP) is 1.39. The van der Waals surface area contributed by atoms with Gasteiger partial charge in [0.05, 0.1) is 12.7 Å². The van der Waals surface area contributed by atoms with Gasteiger partial charge in [0.15, 0.2) is 0 Å². The van der Waals surface area contributed by atoms with Crippen LogP contribution in [-0.2, 0) is 4.74 Å². The summed E-state index contributed by atoms with van der Waals surface area (Å²) in [5.41, 5.74) is 6.72. The van der Waals surface area contributed by atoms with Gasteiger partial charge in [-0.3, -0.25) is 4.79 Å². The van der Waals surface area contributed by atoms with E-state index in [0.29, 0.717) is 30.2 Å². The van der Waals surface area contributed by atoms with Crippen LogP contribution in [0.3, 0.4) is 0 Å². The molecule has 0 aliphatic carbocycles. The van der Waals surface area contributed by atoms with Crippen molar-refractivity contribution in [3.63, 3.8) is 0 Å². The largest absolute Gasteiger partial charge is 0.496 e. The molecule has 0 aliphatic heterocycles. The second-order valence-electron chi connectivity index (χ2n) is 4.03. The summed E-state index contributed by atoms with van der Waals surface area (Å²) in [6.45, 7) is 1.26. The molecule has 0 spiro atoms. The van der Waals surface area contributed by atoms with E-state index in [0.717, 1.165) is 6.42 Å². The van der Waals surface area contributed by atoms with Gasteiger partial charge in [-0.1, -0.05) is 0 Å². The van der Waals surface area contributed by atoms with E-state index in [4.69, 9.17) is 15.2 Å². The number of hydrogen-bond acceptors (Lipinski definition) is 4. The highest BCUT2D eigenvalue weighted by Crippen LogP contribution is 2.22. The molecular formula is C13H20N2O3. The topological polar surface area (TPSA) is 64.8 Å². The van der Waals surface area contributed by atoms with Crippen LogP contribution in [0, 0.1) is 0 Å². The molecule has 0 aromatic heterocycles. The molecular weight excluding hydrogens is 232 g/mol. The molecule has 100 valence electrons. The van der Waals surface area contributed by atoms with Gasteiger partial charge in [-0.25, -0.2) is 0 Å². The Morgan fingerprint density at radius 1 is 1.39 bits per heavy atom. The van der Waals surface area contributed by atoms with Crippen LogP contribution >= 0.6 is 0 Å². The molecule has 5 nitrogen and oxygen atoms in total. The van der Waals surface area contributed by atoms with Gasteiger partial charge in [-0.15, -0.1) is 0 Å². The molecule has 0 bridgehead atoms. The number of rotatable bonds is 6. The zero-order valence-electron chi connectivity index (χ0n) is 11.1. The van der Waals surface area contributed by atoms with Gasteiger partial charge in [0.25, 0.3) is 5.91 Å². The predicted molar refractivity (Wildman–Crippen MR) is 70.9 cm³/mol. The molecule has 0 atom stereocenters. The molecule has 5 heteroatoms. The van der Waals surface area contributed by atoms with Crippen LogP contribution in [0.2, 0.25) is 0 Å². The summed E-state index contributed by atoms with van der Waals surface area (Å²) in [5.74, 6) is 0.433. The summed E-state index contributed by atoms with van der Waals surface area (Å²) in [4.78, 5) is 13.9. The van der Waals surface area contributed by atoms with E-state index in [9.17, 15) is 4.79 Å². The summed E-state index contributed by atoms with van der Waals surface area (Å²) in [7, 11) is 4.93. The fourth-order valence-corrected chi connectivity index (χ4v) is 1.65. The number of benzene rings is 1. The van der Waals surface area contributed by atoms with E-state index in [1.165, 1.54) is 7.11 Å². The lowest BCUT2D eigenvalue weighted by molar-refractivity contribution is 0.0776. The number of nitrogens with zero attached hydrogens (tertiary/aromatic N) is 1. The molecule has 0 saturated heterocycles. The number of anilines is 1. The Bertz CT molecular complexity index is 407. The molecule has 0 heterocycles. The molecule has 0 aliphatic rings. The number of nitrogen functional groups attached to an aromatic ring is 1. The summed E-state index contributed by atoms with van der Waals surface area (Å²) >= 11 is 0. The van der Waals surface area contributed by atoms with Crippen molar-refractivity contribution in [2.45, 2.75) is 6.42 Å².